The molecule has 0 saturated carbocycles. The maximum atomic E-state index is 11.2. The summed E-state index contributed by atoms with van der Waals surface area (Å²) in [4.78, 5) is 11.2. The summed E-state index contributed by atoms with van der Waals surface area (Å²) < 4.78 is 5.55. The highest BCUT2D eigenvalue weighted by atomic mass is 16.6. The average Bonchev–Trinajstić information content (AvgIpc) is 2.17. The third-order valence-electron chi connectivity index (χ3n) is 3.76. The van der Waals surface area contributed by atoms with Gasteiger partial charge in [-0.2, -0.15) is 0 Å². The van der Waals surface area contributed by atoms with Gasteiger partial charge in [-0.25, -0.2) is 0 Å². The van der Waals surface area contributed by atoms with Crippen LogP contribution in [-0.4, -0.2) is 11.6 Å². The molecule has 0 aliphatic heterocycles. The second-order valence-corrected chi connectivity index (χ2v) is 5.46. The summed E-state index contributed by atoms with van der Waals surface area (Å²) in [5.74, 6) is -0.176. The van der Waals surface area contributed by atoms with E-state index >= 15 is 0 Å². The summed E-state index contributed by atoms with van der Waals surface area (Å²) in [7, 11) is 0. The van der Waals surface area contributed by atoms with Gasteiger partial charge in [-0.1, -0.05) is 25.5 Å². The number of carbonyl (C=O) groups is 1. The van der Waals surface area contributed by atoms with Crippen LogP contribution < -0.4 is 0 Å². The molecule has 15 heavy (non-hydrogen) atoms. The Kier molecular flexibility index (Phi) is 3.27. The highest BCUT2D eigenvalue weighted by Crippen LogP contribution is 2.44. The van der Waals surface area contributed by atoms with E-state index in [9.17, 15) is 4.79 Å². The van der Waals surface area contributed by atoms with E-state index in [2.05, 4.69) is 33.8 Å². The number of esters is 1. The molecule has 0 aromatic carbocycles. The molecule has 2 heteroatoms. The van der Waals surface area contributed by atoms with Gasteiger partial charge in [0.25, 0.3) is 0 Å². The molecule has 0 heterocycles. The monoisotopic (exact) mass is 210 g/mol. The van der Waals surface area contributed by atoms with Crippen molar-refractivity contribution in [1.29, 1.82) is 0 Å². The SMILES string of the molecule is CC(=O)OC1(C)CCC(C)=CCC1(C)C. The van der Waals surface area contributed by atoms with Crippen LogP contribution >= 0.6 is 0 Å². The van der Waals surface area contributed by atoms with Crippen LogP contribution in [0.5, 0.6) is 0 Å². The summed E-state index contributed by atoms with van der Waals surface area (Å²) in [6.45, 7) is 10.0. The number of allylic oxidation sites excluding steroid dienone is 2. The Balaban J connectivity index is 2.92. The maximum Gasteiger partial charge on any atom is 0.303 e. The van der Waals surface area contributed by atoms with E-state index in [4.69, 9.17) is 4.74 Å². The molecular formula is C13H22O2. The summed E-state index contributed by atoms with van der Waals surface area (Å²) >= 11 is 0. The highest BCUT2D eigenvalue weighted by molar-refractivity contribution is 5.66. The van der Waals surface area contributed by atoms with Gasteiger partial charge < -0.3 is 4.74 Å². The van der Waals surface area contributed by atoms with E-state index in [0.717, 1.165) is 19.3 Å². The van der Waals surface area contributed by atoms with Gasteiger partial charge in [-0.15, -0.1) is 0 Å². The van der Waals surface area contributed by atoms with E-state index < -0.39 is 0 Å². The molecule has 1 aliphatic carbocycles. The van der Waals surface area contributed by atoms with Crippen LogP contribution in [0.2, 0.25) is 0 Å². The van der Waals surface area contributed by atoms with Crippen LogP contribution in [0.1, 0.15) is 53.9 Å². The Morgan fingerprint density at radius 2 is 2.00 bits per heavy atom. The van der Waals surface area contributed by atoms with Gasteiger partial charge in [-0.3, -0.25) is 4.79 Å². The second-order valence-electron chi connectivity index (χ2n) is 5.46. The van der Waals surface area contributed by atoms with Crippen LogP contribution in [0.25, 0.3) is 0 Å². The van der Waals surface area contributed by atoms with E-state index in [1.54, 1.807) is 0 Å². The van der Waals surface area contributed by atoms with Crippen molar-refractivity contribution in [2.75, 3.05) is 0 Å². The van der Waals surface area contributed by atoms with E-state index in [1.807, 2.05) is 0 Å². The number of carbonyl (C=O) groups excluding carboxylic acids is 1. The topological polar surface area (TPSA) is 26.3 Å². The molecule has 0 aromatic heterocycles. The first kappa shape index (κ1) is 12.3. The molecule has 1 aliphatic rings. The van der Waals surface area contributed by atoms with Crippen molar-refractivity contribution in [1.82, 2.24) is 0 Å². The molecule has 0 fully saturated rings. The van der Waals surface area contributed by atoms with E-state index in [0.29, 0.717) is 0 Å². The third-order valence-corrected chi connectivity index (χ3v) is 3.76. The zero-order valence-electron chi connectivity index (χ0n) is 10.5. The minimum Gasteiger partial charge on any atom is -0.459 e. The van der Waals surface area contributed by atoms with Crippen molar-refractivity contribution in [2.45, 2.75) is 59.5 Å². The molecule has 0 spiro atoms. The van der Waals surface area contributed by atoms with Crippen molar-refractivity contribution in [2.24, 2.45) is 5.41 Å². The zero-order chi connectivity index (χ0) is 11.7. The lowest BCUT2D eigenvalue weighted by molar-refractivity contribution is -0.169. The van der Waals surface area contributed by atoms with E-state index in [-0.39, 0.29) is 17.0 Å². The molecule has 86 valence electrons. The van der Waals surface area contributed by atoms with Crippen molar-refractivity contribution in [3.8, 4) is 0 Å². The predicted molar refractivity (Wildman–Crippen MR) is 61.6 cm³/mol. The fourth-order valence-electron chi connectivity index (χ4n) is 2.03. The smallest absolute Gasteiger partial charge is 0.303 e. The average molecular weight is 210 g/mol. The highest BCUT2D eigenvalue weighted by Gasteiger charge is 2.43. The van der Waals surface area contributed by atoms with Crippen molar-refractivity contribution >= 4 is 5.97 Å². The Hall–Kier alpha value is -0.790. The van der Waals surface area contributed by atoms with Gasteiger partial charge >= 0.3 is 5.97 Å². The normalized spacial score (nSPS) is 30.3. The molecule has 1 rings (SSSR count). The van der Waals surface area contributed by atoms with Crippen molar-refractivity contribution in [3.05, 3.63) is 11.6 Å². The lowest BCUT2D eigenvalue weighted by Gasteiger charge is -2.42. The molecular weight excluding hydrogens is 188 g/mol. The van der Waals surface area contributed by atoms with Gasteiger partial charge in [0.2, 0.25) is 0 Å². The molecule has 0 aromatic rings. The number of rotatable bonds is 1. The minimum atomic E-state index is -0.340. The van der Waals surface area contributed by atoms with Crippen LogP contribution in [0.15, 0.2) is 11.6 Å². The van der Waals surface area contributed by atoms with Gasteiger partial charge in [0.1, 0.15) is 5.60 Å². The molecule has 0 N–H and O–H groups in total. The Labute approximate surface area is 92.7 Å². The lowest BCUT2D eigenvalue weighted by atomic mass is 9.72. The van der Waals surface area contributed by atoms with Crippen LogP contribution in [-0.2, 0) is 9.53 Å². The Morgan fingerprint density at radius 1 is 1.40 bits per heavy atom. The second kappa shape index (κ2) is 3.99. The first-order chi connectivity index (χ1) is 6.77. The summed E-state index contributed by atoms with van der Waals surface area (Å²) in [5.41, 5.74) is 1.07. The zero-order valence-corrected chi connectivity index (χ0v) is 10.5. The molecule has 0 radical (unpaired) electrons. The Morgan fingerprint density at radius 3 is 2.53 bits per heavy atom. The quantitative estimate of drug-likeness (QED) is 0.489. The minimum absolute atomic E-state index is 0.0103. The summed E-state index contributed by atoms with van der Waals surface area (Å²) in [6, 6.07) is 0. The molecule has 1 atom stereocenters. The first-order valence-electron chi connectivity index (χ1n) is 5.62. The third kappa shape index (κ3) is 2.61. The molecule has 2 nitrogen and oxygen atoms in total. The van der Waals surface area contributed by atoms with Gasteiger partial charge in [0.05, 0.1) is 0 Å². The van der Waals surface area contributed by atoms with Gasteiger partial charge in [0, 0.05) is 12.3 Å². The molecule has 0 saturated heterocycles. The largest absolute Gasteiger partial charge is 0.459 e. The number of hydrogen-bond acceptors (Lipinski definition) is 2. The van der Waals surface area contributed by atoms with Gasteiger partial charge in [0.15, 0.2) is 0 Å². The first-order valence-corrected chi connectivity index (χ1v) is 5.62. The van der Waals surface area contributed by atoms with Crippen LogP contribution in [0.4, 0.5) is 0 Å². The standard InChI is InChI=1S/C13H22O2/c1-10-6-8-12(3,4)13(5,9-7-10)15-11(2)14/h6H,7-9H2,1-5H3. The summed E-state index contributed by atoms with van der Waals surface area (Å²) in [5, 5.41) is 0. The number of ether oxygens (including phenoxy) is 1. The van der Waals surface area contributed by atoms with E-state index in [1.165, 1.54) is 12.5 Å². The lowest BCUT2D eigenvalue weighted by Crippen LogP contribution is -2.44. The maximum absolute atomic E-state index is 11.2. The summed E-state index contributed by atoms with van der Waals surface area (Å²) in [6.07, 6.45) is 5.19. The molecule has 0 bridgehead atoms. The molecule has 1 unspecified atom stereocenters. The number of hydrogen-bond donors (Lipinski definition) is 0. The van der Waals surface area contributed by atoms with Gasteiger partial charge in [-0.05, 0) is 33.1 Å². The fourth-order valence-corrected chi connectivity index (χ4v) is 2.03. The predicted octanol–water partition coefficient (Wildman–Crippen LogP) is 3.46. The van der Waals surface area contributed by atoms with Crippen LogP contribution in [0, 0.1) is 5.41 Å². The van der Waals surface area contributed by atoms with Crippen molar-refractivity contribution < 1.29 is 9.53 Å². The van der Waals surface area contributed by atoms with Crippen molar-refractivity contribution in [3.63, 3.8) is 0 Å². The Bertz CT molecular complexity index is 289. The molecule has 0 amide bonds. The van der Waals surface area contributed by atoms with Crippen LogP contribution in [0.3, 0.4) is 0 Å². The fraction of sp³-hybridized carbons (Fsp3) is 0.769.